The Kier molecular flexibility index (Phi) is 6.67. The molecule has 3 N–H and O–H groups in total. The summed E-state index contributed by atoms with van der Waals surface area (Å²) in [5, 5.41) is 14.1. The monoisotopic (exact) mass is 318 g/mol. The molecular formula is C15H21F3N2O2. The van der Waals surface area contributed by atoms with Crippen LogP contribution >= 0.6 is 0 Å². The first-order valence-corrected chi connectivity index (χ1v) is 7.09. The van der Waals surface area contributed by atoms with Crippen LogP contribution in [-0.2, 0) is 6.18 Å². The van der Waals surface area contributed by atoms with Crippen LogP contribution in [0, 0.1) is 0 Å². The van der Waals surface area contributed by atoms with Crippen molar-refractivity contribution in [3.05, 3.63) is 35.4 Å². The van der Waals surface area contributed by atoms with Gasteiger partial charge < -0.3 is 15.7 Å². The summed E-state index contributed by atoms with van der Waals surface area (Å²) in [4.78, 5) is 11.8. The molecule has 22 heavy (non-hydrogen) atoms. The van der Waals surface area contributed by atoms with Crippen LogP contribution in [0.15, 0.2) is 24.3 Å². The van der Waals surface area contributed by atoms with E-state index in [1.54, 1.807) is 6.92 Å². The fraction of sp³-hybridized carbons (Fsp3) is 0.533. The highest BCUT2D eigenvalue weighted by molar-refractivity contribution is 5.74. The number of alkyl halides is 3. The topological polar surface area (TPSA) is 61.4 Å². The van der Waals surface area contributed by atoms with E-state index in [4.69, 9.17) is 5.11 Å². The zero-order valence-electron chi connectivity index (χ0n) is 12.6. The summed E-state index contributed by atoms with van der Waals surface area (Å²) in [6.07, 6.45) is -3.12. The Balaban J connectivity index is 2.54. The van der Waals surface area contributed by atoms with Gasteiger partial charge in [0.25, 0.3) is 0 Å². The van der Waals surface area contributed by atoms with Gasteiger partial charge in [-0.1, -0.05) is 12.1 Å². The molecule has 0 aromatic heterocycles. The van der Waals surface area contributed by atoms with Gasteiger partial charge in [0, 0.05) is 12.6 Å². The van der Waals surface area contributed by atoms with Crippen molar-refractivity contribution in [3.8, 4) is 0 Å². The van der Waals surface area contributed by atoms with Gasteiger partial charge in [-0.2, -0.15) is 13.2 Å². The first-order valence-electron chi connectivity index (χ1n) is 7.09. The van der Waals surface area contributed by atoms with E-state index in [2.05, 4.69) is 10.6 Å². The lowest BCUT2D eigenvalue weighted by molar-refractivity contribution is -0.137. The van der Waals surface area contributed by atoms with Crippen molar-refractivity contribution in [2.75, 3.05) is 6.61 Å². The summed E-state index contributed by atoms with van der Waals surface area (Å²) >= 11 is 0. The third-order valence-electron chi connectivity index (χ3n) is 3.26. The smallest absolute Gasteiger partial charge is 0.396 e. The molecule has 7 heteroatoms. The number of carbonyl (C=O) groups excluding carboxylic acids is 1. The molecule has 1 rings (SSSR count). The van der Waals surface area contributed by atoms with E-state index >= 15 is 0 Å². The van der Waals surface area contributed by atoms with Gasteiger partial charge >= 0.3 is 12.2 Å². The molecule has 0 saturated carbocycles. The molecule has 0 radical (unpaired) electrons. The van der Waals surface area contributed by atoms with Crippen molar-refractivity contribution in [2.24, 2.45) is 0 Å². The largest absolute Gasteiger partial charge is 0.416 e. The molecule has 2 unspecified atom stereocenters. The number of rotatable bonds is 6. The van der Waals surface area contributed by atoms with Crippen molar-refractivity contribution < 1.29 is 23.1 Å². The van der Waals surface area contributed by atoms with E-state index in [9.17, 15) is 18.0 Å². The Bertz CT molecular complexity index is 475. The molecule has 0 aliphatic heterocycles. The number of amides is 2. The highest BCUT2D eigenvalue weighted by Crippen LogP contribution is 2.29. The number of benzene rings is 1. The molecule has 2 atom stereocenters. The van der Waals surface area contributed by atoms with E-state index in [1.807, 2.05) is 6.92 Å². The quantitative estimate of drug-likeness (QED) is 0.754. The van der Waals surface area contributed by atoms with Crippen LogP contribution in [0.4, 0.5) is 18.0 Å². The van der Waals surface area contributed by atoms with Gasteiger partial charge in [0.1, 0.15) is 0 Å². The van der Waals surface area contributed by atoms with Gasteiger partial charge in [-0.05, 0) is 44.4 Å². The number of aliphatic hydroxyl groups excluding tert-OH is 1. The maximum atomic E-state index is 12.5. The standard InChI is InChI=1S/C15H21F3N2O2/c1-10(4-3-9-21)19-14(22)20-11(2)12-5-7-13(8-6-12)15(16,17)18/h5-8,10-11,21H,3-4,9H2,1-2H3,(H2,19,20,22). The van der Waals surface area contributed by atoms with Gasteiger partial charge in [0.05, 0.1) is 11.6 Å². The molecule has 0 fully saturated rings. The first-order chi connectivity index (χ1) is 10.2. The van der Waals surface area contributed by atoms with Crippen molar-refractivity contribution >= 4 is 6.03 Å². The first kappa shape index (κ1) is 18.3. The Hall–Kier alpha value is -1.76. The third kappa shape index (κ3) is 5.93. The molecule has 1 aromatic carbocycles. The van der Waals surface area contributed by atoms with Gasteiger partial charge in [0.2, 0.25) is 0 Å². The highest BCUT2D eigenvalue weighted by Gasteiger charge is 2.30. The molecule has 0 bridgehead atoms. The van der Waals surface area contributed by atoms with Crippen LogP contribution < -0.4 is 10.6 Å². The summed E-state index contributed by atoms with van der Waals surface area (Å²) in [7, 11) is 0. The van der Waals surface area contributed by atoms with Crippen LogP contribution in [-0.4, -0.2) is 23.8 Å². The van der Waals surface area contributed by atoms with Crippen LogP contribution in [0.3, 0.4) is 0 Å². The van der Waals surface area contributed by atoms with Crippen LogP contribution in [0.1, 0.15) is 43.9 Å². The van der Waals surface area contributed by atoms with Crippen molar-refractivity contribution in [2.45, 2.75) is 44.9 Å². The van der Waals surface area contributed by atoms with Crippen LogP contribution in [0.25, 0.3) is 0 Å². The second kappa shape index (κ2) is 8.03. The molecule has 2 amide bonds. The lowest BCUT2D eigenvalue weighted by Gasteiger charge is -2.18. The number of hydrogen-bond donors (Lipinski definition) is 3. The zero-order chi connectivity index (χ0) is 16.8. The minimum absolute atomic E-state index is 0.0651. The SMILES string of the molecule is CC(CCCO)NC(=O)NC(C)c1ccc(C(F)(F)F)cc1. The van der Waals surface area contributed by atoms with Crippen molar-refractivity contribution in [1.82, 2.24) is 10.6 Å². The van der Waals surface area contributed by atoms with Gasteiger partial charge in [-0.15, -0.1) is 0 Å². The molecular weight excluding hydrogens is 297 g/mol. The molecule has 0 aliphatic rings. The van der Waals surface area contributed by atoms with Crippen molar-refractivity contribution in [3.63, 3.8) is 0 Å². The Morgan fingerprint density at radius 1 is 1.18 bits per heavy atom. The summed E-state index contributed by atoms with van der Waals surface area (Å²) in [5.41, 5.74) is -0.128. The zero-order valence-corrected chi connectivity index (χ0v) is 12.6. The number of hydrogen-bond acceptors (Lipinski definition) is 2. The number of nitrogens with one attached hydrogen (secondary N) is 2. The predicted octanol–water partition coefficient (Wildman–Crippen LogP) is 3.23. The minimum atomic E-state index is -4.37. The summed E-state index contributed by atoms with van der Waals surface area (Å²) < 4.78 is 37.4. The highest BCUT2D eigenvalue weighted by atomic mass is 19.4. The second-order valence-electron chi connectivity index (χ2n) is 5.23. The molecule has 0 saturated heterocycles. The average molecular weight is 318 g/mol. The fourth-order valence-corrected chi connectivity index (χ4v) is 1.98. The summed E-state index contributed by atoms with van der Waals surface area (Å²) in [6, 6.07) is 3.80. The fourth-order valence-electron chi connectivity index (χ4n) is 1.98. The molecule has 0 aliphatic carbocycles. The Labute approximate surface area is 127 Å². The maximum absolute atomic E-state index is 12.5. The Morgan fingerprint density at radius 3 is 2.27 bits per heavy atom. The molecule has 4 nitrogen and oxygen atoms in total. The average Bonchev–Trinajstić information content (AvgIpc) is 2.44. The lowest BCUT2D eigenvalue weighted by atomic mass is 10.1. The number of halogens is 3. The number of carbonyl (C=O) groups is 1. The molecule has 124 valence electrons. The number of urea groups is 1. The van der Waals surface area contributed by atoms with Gasteiger partial charge in [0.15, 0.2) is 0 Å². The third-order valence-corrected chi connectivity index (χ3v) is 3.26. The van der Waals surface area contributed by atoms with Crippen LogP contribution in [0.5, 0.6) is 0 Å². The minimum Gasteiger partial charge on any atom is -0.396 e. The van der Waals surface area contributed by atoms with E-state index in [0.717, 1.165) is 12.1 Å². The lowest BCUT2D eigenvalue weighted by Crippen LogP contribution is -2.41. The second-order valence-corrected chi connectivity index (χ2v) is 5.23. The van der Waals surface area contributed by atoms with E-state index in [1.165, 1.54) is 12.1 Å². The van der Waals surface area contributed by atoms with Crippen LogP contribution in [0.2, 0.25) is 0 Å². The molecule has 0 spiro atoms. The number of aliphatic hydroxyl groups is 1. The molecule has 0 heterocycles. The molecule has 1 aromatic rings. The van der Waals surface area contributed by atoms with Gasteiger partial charge in [-0.3, -0.25) is 0 Å². The predicted molar refractivity (Wildman–Crippen MR) is 77.3 cm³/mol. The normalized spacial score (nSPS) is 14.3. The summed E-state index contributed by atoms with van der Waals surface area (Å²) in [6.45, 7) is 3.58. The maximum Gasteiger partial charge on any atom is 0.416 e. The summed E-state index contributed by atoms with van der Waals surface area (Å²) in [5.74, 6) is 0. The Morgan fingerprint density at radius 2 is 1.77 bits per heavy atom. The van der Waals surface area contributed by atoms with Crippen molar-refractivity contribution in [1.29, 1.82) is 0 Å². The van der Waals surface area contributed by atoms with Gasteiger partial charge in [-0.25, -0.2) is 4.79 Å². The van der Waals surface area contributed by atoms with E-state index < -0.39 is 23.8 Å². The van der Waals surface area contributed by atoms with E-state index in [-0.39, 0.29) is 12.6 Å². The van der Waals surface area contributed by atoms with E-state index in [0.29, 0.717) is 18.4 Å².